The van der Waals surface area contributed by atoms with Crippen LogP contribution in [0, 0.1) is 15.5 Å². The normalized spacial score (nSPS) is 10.2. The number of aromatic nitrogens is 2. The van der Waals surface area contributed by atoms with Crippen LogP contribution in [0.5, 0.6) is 0 Å². The van der Waals surface area contributed by atoms with Crippen molar-refractivity contribution in [1.29, 1.82) is 5.41 Å². The van der Waals surface area contributed by atoms with Gasteiger partial charge in [-0.3, -0.25) is 20.2 Å². The number of rotatable bonds is 4. The lowest BCUT2D eigenvalue weighted by Gasteiger charge is -2.03. The van der Waals surface area contributed by atoms with E-state index in [0.29, 0.717) is 12.1 Å². The fourth-order valence-corrected chi connectivity index (χ4v) is 1.51. The predicted octanol–water partition coefficient (Wildman–Crippen LogP) is 1.12. The summed E-state index contributed by atoms with van der Waals surface area (Å²) in [4.78, 5) is 10.0. The van der Waals surface area contributed by atoms with E-state index >= 15 is 0 Å². The Morgan fingerprint density at radius 3 is 2.61 bits per heavy atom. The smallest absolute Gasteiger partial charge is 0.307 e. The van der Waals surface area contributed by atoms with Gasteiger partial charge >= 0.3 is 5.69 Å². The molecule has 0 spiro atoms. The predicted molar refractivity (Wildman–Crippen MR) is 65.4 cm³/mol. The molecule has 0 aliphatic rings. The van der Waals surface area contributed by atoms with Crippen molar-refractivity contribution in [2.24, 2.45) is 5.73 Å². The van der Waals surface area contributed by atoms with Crippen LogP contribution >= 0.6 is 0 Å². The molecule has 0 radical (unpaired) electrons. The second kappa shape index (κ2) is 4.66. The van der Waals surface area contributed by atoms with Gasteiger partial charge in [0.2, 0.25) is 0 Å². The number of nitrogens with one attached hydrogen (secondary N) is 1. The van der Waals surface area contributed by atoms with Gasteiger partial charge in [-0.05, 0) is 5.56 Å². The van der Waals surface area contributed by atoms with Crippen molar-refractivity contribution < 1.29 is 4.92 Å². The van der Waals surface area contributed by atoms with Crippen LogP contribution in [0.3, 0.4) is 0 Å². The number of hydrogen-bond donors (Lipinski definition) is 2. The Morgan fingerprint density at radius 2 is 2.11 bits per heavy atom. The van der Waals surface area contributed by atoms with E-state index in [1.165, 1.54) is 17.1 Å². The Labute approximate surface area is 103 Å². The number of nitrogens with zero attached hydrogens (tertiary/aromatic N) is 3. The summed E-state index contributed by atoms with van der Waals surface area (Å²) in [6.07, 6.45) is 2.59. The van der Waals surface area contributed by atoms with Crippen molar-refractivity contribution in [3.63, 3.8) is 0 Å². The summed E-state index contributed by atoms with van der Waals surface area (Å²) in [5, 5.41) is 21.7. The third-order valence-electron chi connectivity index (χ3n) is 2.44. The third-order valence-corrected chi connectivity index (χ3v) is 2.44. The molecule has 0 unspecified atom stereocenters. The largest absolute Gasteiger partial charge is 0.384 e. The minimum absolute atomic E-state index is 0.0104. The van der Waals surface area contributed by atoms with Gasteiger partial charge in [-0.2, -0.15) is 5.10 Å². The summed E-state index contributed by atoms with van der Waals surface area (Å²) in [5.74, 6) is 0.0104. The van der Waals surface area contributed by atoms with Crippen LogP contribution in [-0.2, 0) is 6.54 Å². The highest BCUT2D eigenvalue weighted by Crippen LogP contribution is 2.10. The van der Waals surface area contributed by atoms with Crippen molar-refractivity contribution in [2.75, 3.05) is 0 Å². The van der Waals surface area contributed by atoms with E-state index in [2.05, 4.69) is 5.10 Å². The van der Waals surface area contributed by atoms with E-state index in [1.54, 1.807) is 12.1 Å². The first kappa shape index (κ1) is 11.8. The van der Waals surface area contributed by atoms with E-state index < -0.39 is 4.92 Å². The molecule has 1 aromatic carbocycles. The Bertz CT molecular complexity index is 588. The van der Waals surface area contributed by atoms with Gasteiger partial charge in [-0.25, -0.2) is 0 Å². The number of nitrogens with two attached hydrogens (primary N) is 1. The monoisotopic (exact) mass is 245 g/mol. The van der Waals surface area contributed by atoms with Gasteiger partial charge in [0, 0.05) is 5.56 Å². The lowest BCUT2D eigenvalue weighted by atomic mass is 10.1. The SMILES string of the molecule is N=C(N)c1ccc(Cn2cc([N+](=O)[O-])cn2)cc1. The molecule has 0 amide bonds. The van der Waals surface area contributed by atoms with E-state index in [-0.39, 0.29) is 11.5 Å². The van der Waals surface area contributed by atoms with Gasteiger partial charge in [0.15, 0.2) is 0 Å². The van der Waals surface area contributed by atoms with Crippen LogP contribution in [0.15, 0.2) is 36.7 Å². The molecule has 2 aromatic rings. The Hall–Kier alpha value is -2.70. The standard InChI is InChI=1S/C11H11N5O2/c12-11(13)9-3-1-8(2-4-9)6-15-7-10(5-14-15)16(17)18/h1-5,7H,6H2,(H3,12,13). The van der Waals surface area contributed by atoms with Crippen LogP contribution in [0.25, 0.3) is 0 Å². The highest BCUT2D eigenvalue weighted by molar-refractivity contribution is 5.94. The highest BCUT2D eigenvalue weighted by atomic mass is 16.6. The van der Waals surface area contributed by atoms with Crippen LogP contribution in [0.4, 0.5) is 5.69 Å². The molecule has 3 N–H and O–H groups in total. The van der Waals surface area contributed by atoms with Gasteiger partial charge in [-0.15, -0.1) is 0 Å². The molecular weight excluding hydrogens is 234 g/mol. The number of amidine groups is 1. The summed E-state index contributed by atoms with van der Waals surface area (Å²) >= 11 is 0. The molecule has 0 atom stereocenters. The summed E-state index contributed by atoms with van der Waals surface area (Å²) in [6, 6.07) is 7.08. The molecular formula is C11H11N5O2. The molecule has 92 valence electrons. The third kappa shape index (κ3) is 2.51. The zero-order valence-electron chi connectivity index (χ0n) is 9.41. The van der Waals surface area contributed by atoms with Crippen molar-refractivity contribution in [2.45, 2.75) is 6.54 Å². The maximum absolute atomic E-state index is 10.5. The van der Waals surface area contributed by atoms with Crippen molar-refractivity contribution in [1.82, 2.24) is 9.78 Å². The zero-order chi connectivity index (χ0) is 13.1. The molecule has 1 heterocycles. The van der Waals surface area contributed by atoms with Crippen molar-refractivity contribution in [3.05, 3.63) is 57.9 Å². The van der Waals surface area contributed by atoms with Crippen LogP contribution in [-0.4, -0.2) is 20.5 Å². The maximum Gasteiger partial charge on any atom is 0.307 e. The lowest BCUT2D eigenvalue weighted by molar-refractivity contribution is -0.385. The van der Waals surface area contributed by atoms with E-state index in [4.69, 9.17) is 11.1 Å². The van der Waals surface area contributed by atoms with Gasteiger partial charge in [0.05, 0.1) is 11.5 Å². The molecule has 1 aromatic heterocycles. The molecule has 7 nitrogen and oxygen atoms in total. The first-order chi connectivity index (χ1) is 8.56. The second-order valence-corrected chi connectivity index (χ2v) is 3.76. The Balaban J connectivity index is 2.13. The average Bonchev–Trinajstić information content (AvgIpc) is 2.78. The Morgan fingerprint density at radius 1 is 1.44 bits per heavy atom. The molecule has 0 aliphatic heterocycles. The molecule has 0 saturated heterocycles. The Kier molecular flexibility index (Phi) is 3.05. The number of benzene rings is 1. The number of nitro groups is 1. The molecule has 0 bridgehead atoms. The first-order valence-corrected chi connectivity index (χ1v) is 5.16. The molecule has 7 heteroatoms. The second-order valence-electron chi connectivity index (χ2n) is 3.76. The minimum Gasteiger partial charge on any atom is -0.384 e. The van der Waals surface area contributed by atoms with Gasteiger partial charge in [0.25, 0.3) is 0 Å². The summed E-state index contributed by atoms with van der Waals surface area (Å²) in [6.45, 7) is 0.437. The molecule has 0 fully saturated rings. The van der Waals surface area contributed by atoms with E-state index in [1.807, 2.05) is 12.1 Å². The topological polar surface area (TPSA) is 111 Å². The fourth-order valence-electron chi connectivity index (χ4n) is 1.51. The summed E-state index contributed by atoms with van der Waals surface area (Å²) in [7, 11) is 0. The van der Waals surface area contributed by atoms with Crippen molar-refractivity contribution in [3.8, 4) is 0 Å². The van der Waals surface area contributed by atoms with E-state index in [9.17, 15) is 10.1 Å². The average molecular weight is 245 g/mol. The van der Waals surface area contributed by atoms with Crippen LogP contribution in [0.1, 0.15) is 11.1 Å². The summed E-state index contributed by atoms with van der Waals surface area (Å²) < 4.78 is 1.49. The van der Waals surface area contributed by atoms with Gasteiger partial charge < -0.3 is 5.73 Å². The van der Waals surface area contributed by atoms with Crippen molar-refractivity contribution >= 4 is 11.5 Å². The van der Waals surface area contributed by atoms with Crippen LogP contribution in [0.2, 0.25) is 0 Å². The zero-order valence-corrected chi connectivity index (χ0v) is 9.41. The van der Waals surface area contributed by atoms with Gasteiger partial charge in [0.1, 0.15) is 18.2 Å². The quantitative estimate of drug-likeness (QED) is 0.364. The lowest BCUT2D eigenvalue weighted by Crippen LogP contribution is -2.11. The van der Waals surface area contributed by atoms with E-state index in [0.717, 1.165) is 5.56 Å². The maximum atomic E-state index is 10.5. The summed E-state index contributed by atoms with van der Waals surface area (Å²) in [5.41, 5.74) is 6.88. The molecule has 0 aliphatic carbocycles. The molecule has 2 rings (SSSR count). The van der Waals surface area contributed by atoms with Crippen LogP contribution < -0.4 is 5.73 Å². The van der Waals surface area contributed by atoms with Gasteiger partial charge in [-0.1, -0.05) is 24.3 Å². The number of hydrogen-bond acceptors (Lipinski definition) is 4. The highest BCUT2D eigenvalue weighted by Gasteiger charge is 2.08. The minimum atomic E-state index is -0.484. The molecule has 0 saturated carbocycles. The fraction of sp³-hybridized carbons (Fsp3) is 0.0909. The number of nitrogen functional groups attached to an aromatic ring is 1. The first-order valence-electron chi connectivity index (χ1n) is 5.16. The molecule has 18 heavy (non-hydrogen) atoms.